The third kappa shape index (κ3) is 6.46. The second kappa shape index (κ2) is 10.3. The molecule has 1 aromatic carbocycles. The van der Waals surface area contributed by atoms with Crippen LogP contribution in [0.15, 0.2) is 73.3 Å². The molecule has 0 aliphatic rings. The highest BCUT2D eigenvalue weighted by Gasteiger charge is 2.26. The van der Waals surface area contributed by atoms with Gasteiger partial charge < -0.3 is 5.73 Å². The number of hydrogen-bond donors (Lipinski definition) is 1. The van der Waals surface area contributed by atoms with Crippen LogP contribution in [0.2, 0.25) is 0 Å². The fraction of sp³-hybridized carbons (Fsp3) is 0.346. The van der Waals surface area contributed by atoms with Crippen LogP contribution in [0.1, 0.15) is 49.1 Å². The van der Waals surface area contributed by atoms with Crippen LogP contribution in [-0.4, -0.2) is 33.9 Å². The van der Waals surface area contributed by atoms with Crippen molar-refractivity contribution in [2.75, 3.05) is 13.1 Å². The van der Waals surface area contributed by atoms with Crippen LogP contribution in [0, 0.1) is 0 Å². The molecule has 1 atom stereocenters. The molecule has 0 fully saturated rings. The second-order valence-corrected chi connectivity index (χ2v) is 8.92. The van der Waals surface area contributed by atoms with Gasteiger partial charge in [-0.15, -0.1) is 0 Å². The van der Waals surface area contributed by atoms with Crippen molar-refractivity contribution in [3.8, 4) is 0 Å². The monoisotopic (exact) mass is 416 g/mol. The van der Waals surface area contributed by atoms with Crippen molar-refractivity contribution in [1.29, 1.82) is 0 Å². The van der Waals surface area contributed by atoms with Gasteiger partial charge in [-0.2, -0.15) is 0 Å². The van der Waals surface area contributed by atoms with Crippen molar-refractivity contribution < 1.29 is 4.79 Å². The van der Waals surface area contributed by atoms with Crippen LogP contribution in [0.4, 0.5) is 0 Å². The smallest absolute Gasteiger partial charge is 0.239 e. The number of pyridine rings is 2. The van der Waals surface area contributed by atoms with Gasteiger partial charge in [0.2, 0.25) is 5.91 Å². The molecule has 2 heterocycles. The number of amides is 1. The maximum Gasteiger partial charge on any atom is 0.239 e. The summed E-state index contributed by atoms with van der Waals surface area (Å²) >= 11 is 0. The largest absolute Gasteiger partial charge is 0.368 e. The number of hydrogen-bond acceptors (Lipinski definition) is 4. The summed E-state index contributed by atoms with van der Waals surface area (Å²) in [6.45, 7) is 8.00. The average Bonchev–Trinajstić information content (AvgIpc) is 2.76. The number of rotatable bonds is 9. The van der Waals surface area contributed by atoms with Gasteiger partial charge in [-0.3, -0.25) is 19.7 Å². The third-order valence-electron chi connectivity index (χ3n) is 5.60. The van der Waals surface area contributed by atoms with Gasteiger partial charge in [0.15, 0.2) is 0 Å². The Hall–Kier alpha value is -3.05. The molecule has 1 unspecified atom stereocenters. The Labute approximate surface area is 185 Å². The Morgan fingerprint density at radius 1 is 0.839 bits per heavy atom. The van der Waals surface area contributed by atoms with Gasteiger partial charge in [-0.25, -0.2) is 0 Å². The Morgan fingerprint density at radius 3 is 1.68 bits per heavy atom. The van der Waals surface area contributed by atoms with Crippen LogP contribution in [0.3, 0.4) is 0 Å². The Balaban J connectivity index is 1.84. The van der Waals surface area contributed by atoms with Crippen LogP contribution in [0.25, 0.3) is 0 Å². The molecule has 0 saturated heterocycles. The normalized spacial score (nSPS) is 12.6. The van der Waals surface area contributed by atoms with Crippen LogP contribution in [-0.2, 0) is 23.1 Å². The number of carbonyl (C=O) groups excluding carboxylic acids is 1. The first-order valence-electron chi connectivity index (χ1n) is 10.8. The molecule has 1 amide bonds. The van der Waals surface area contributed by atoms with Gasteiger partial charge in [0, 0.05) is 37.9 Å². The van der Waals surface area contributed by atoms with E-state index in [0.29, 0.717) is 0 Å². The van der Waals surface area contributed by atoms with E-state index in [4.69, 9.17) is 5.73 Å². The summed E-state index contributed by atoms with van der Waals surface area (Å²) < 4.78 is 0. The summed E-state index contributed by atoms with van der Waals surface area (Å²) in [5.74, 6) is -0.326. The summed E-state index contributed by atoms with van der Waals surface area (Å²) in [7, 11) is 0. The first-order chi connectivity index (χ1) is 14.8. The molecule has 0 radical (unpaired) electrons. The van der Waals surface area contributed by atoms with Gasteiger partial charge in [-0.05, 0) is 64.8 Å². The third-order valence-corrected chi connectivity index (χ3v) is 5.60. The summed E-state index contributed by atoms with van der Waals surface area (Å²) in [4.78, 5) is 23.0. The lowest BCUT2D eigenvalue weighted by Gasteiger charge is -2.30. The highest BCUT2D eigenvalue weighted by Crippen LogP contribution is 2.27. The van der Waals surface area contributed by atoms with Crippen molar-refractivity contribution in [2.24, 2.45) is 5.73 Å². The fourth-order valence-electron chi connectivity index (χ4n) is 3.73. The molecule has 3 aromatic rings. The summed E-state index contributed by atoms with van der Waals surface area (Å²) in [6, 6.07) is 15.9. The minimum absolute atomic E-state index is 0.0587. The molecule has 5 nitrogen and oxygen atoms in total. The first kappa shape index (κ1) is 22.6. The molecule has 5 heteroatoms. The molecule has 31 heavy (non-hydrogen) atoms. The van der Waals surface area contributed by atoms with Crippen molar-refractivity contribution in [1.82, 2.24) is 14.9 Å². The fourth-order valence-corrected chi connectivity index (χ4v) is 3.73. The highest BCUT2D eigenvalue weighted by molar-refractivity contribution is 5.81. The topological polar surface area (TPSA) is 72.1 Å². The predicted octanol–water partition coefficient (Wildman–Crippen LogP) is 4.09. The van der Waals surface area contributed by atoms with Crippen LogP contribution in [0.5, 0.6) is 0 Å². The molecule has 0 aliphatic heterocycles. The number of aromatic nitrogens is 2. The molecular formula is C26H32N4O. The predicted molar refractivity (Wildman–Crippen MR) is 125 cm³/mol. The molecule has 0 saturated carbocycles. The van der Waals surface area contributed by atoms with Gasteiger partial charge in [0.25, 0.3) is 0 Å². The van der Waals surface area contributed by atoms with Gasteiger partial charge in [0.05, 0.1) is 0 Å². The Morgan fingerprint density at radius 2 is 1.29 bits per heavy atom. The summed E-state index contributed by atoms with van der Waals surface area (Å²) in [6.07, 6.45) is 8.84. The minimum Gasteiger partial charge on any atom is -0.368 e. The van der Waals surface area contributed by atoms with E-state index >= 15 is 0 Å². The maximum absolute atomic E-state index is 12.6. The van der Waals surface area contributed by atoms with E-state index in [0.717, 1.165) is 31.5 Å². The van der Waals surface area contributed by atoms with Crippen molar-refractivity contribution in [3.05, 3.63) is 95.6 Å². The van der Waals surface area contributed by atoms with E-state index in [2.05, 4.69) is 47.8 Å². The van der Waals surface area contributed by atoms with Gasteiger partial charge >= 0.3 is 0 Å². The quantitative estimate of drug-likeness (QED) is 0.570. The molecule has 0 aliphatic carbocycles. The number of benzene rings is 1. The Bertz CT molecular complexity index is 907. The molecule has 0 spiro atoms. The highest BCUT2D eigenvalue weighted by atomic mass is 16.1. The lowest BCUT2D eigenvalue weighted by Crippen LogP contribution is -2.40. The van der Waals surface area contributed by atoms with Crippen molar-refractivity contribution in [2.45, 2.75) is 45.1 Å². The SMILES string of the molecule is CC(C)(C)c1ccc(C(C(N)=O)N(CCc2ccncc2)CCc2ccncc2)cc1. The number of primary amides is 1. The number of carbonyl (C=O) groups is 1. The zero-order chi connectivity index (χ0) is 22.3. The first-order valence-corrected chi connectivity index (χ1v) is 10.8. The molecule has 0 bridgehead atoms. The summed E-state index contributed by atoms with van der Waals surface area (Å²) in [5.41, 5.74) is 10.5. The average molecular weight is 417 g/mol. The minimum atomic E-state index is -0.474. The lowest BCUT2D eigenvalue weighted by atomic mass is 9.86. The van der Waals surface area contributed by atoms with E-state index in [-0.39, 0.29) is 11.3 Å². The van der Waals surface area contributed by atoms with Gasteiger partial charge in [-0.1, -0.05) is 45.0 Å². The maximum atomic E-state index is 12.6. The second-order valence-electron chi connectivity index (χ2n) is 8.92. The van der Waals surface area contributed by atoms with E-state index in [1.165, 1.54) is 16.7 Å². The molecule has 2 N–H and O–H groups in total. The zero-order valence-corrected chi connectivity index (χ0v) is 18.7. The number of nitrogens with two attached hydrogens (primary N) is 1. The standard InChI is InChI=1S/C26H32N4O/c1-26(2,3)23-6-4-22(5-7-23)24(25(27)31)30(18-12-20-8-14-28-15-9-20)19-13-21-10-16-29-17-11-21/h4-11,14-17,24H,12-13,18-19H2,1-3H3,(H2,27,31). The van der Waals surface area contributed by atoms with E-state index < -0.39 is 6.04 Å². The summed E-state index contributed by atoms with van der Waals surface area (Å²) in [5, 5.41) is 0. The van der Waals surface area contributed by atoms with Crippen LogP contribution < -0.4 is 5.73 Å². The molecule has 2 aromatic heterocycles. The van der Waals surface area contributed by atoms with Gasteiger partial charge in [0.1, 0.15) is 6.04 Å². The van der Waals surface area contributed by atoms with Crippen molar-refractivity contribution in [3.63, 3.8) is 0 Å². The zero-order valence-electron chi connectivity index (χ0n) is 18.7. The van der Waals surface area contributed by atoms with Crippen molar-refractivity contribution >= 4 is 5.91 Å². The number of nitrogens with zero attached hydrogens (tertiary/aromatic N) is 3. The lowest BCUT2D eigenvalue weighted by molar-refractivity contribution is -0.123. The Kier molecular flexibility index (Phi) is 7.53. The van der Waals surface area contributed by atoms with E-state index in [1.54, 1.807) is 24.8 Å². The molecule has 3 rings (SSSR count). The molecular weight excluding hydrogens is 384 g/mol. The van der Waals surface area contributed by atoms with E-state index in [1.807, 2.05) is 36.4 Å². The molecule has 162 valence electrons. The van der Waals surface area contributed by atoms with Crippen LogP contribution >= 0.6 is 0 Å². The van der Waals surface area contributed by atoms with E-state index in [9.17, 15) is 4.79 Å².